The molecular weight excluding hydrogens is 238 g/mol. The van der Waals surface area contributed by atoms with Crippen molar-refractivity contribution in [1.82, 2.24) is 4.90 Å². The average molecular weight is 261 g/mol. The molecule has 104 valence electrons. The summed E-state index contributed by atoms with van der Waals surface area (Å²) in [5, 5.41) is 8.73. The molecule has 0 bridgehead atoms. The topological polar surface area (TPSA) is 40.5 Å². The van der Waals surface area contributed by atoms with Gasteiger partial charge in [-0.15, -0.1) is 0 Å². The van der Waals surface area contributed by atoms with Gasteiger partial charge in [-0.3, -0.25) is 4.79 Å². The minimum absolute atomic E-state index is 0.277. The number of aldehydes is 1. The molecule has 0 saturated carbocycles. The molecule has 19 heavy (non-hydrogen) atoms. The molecule has 0 atom stereocenters. The van der Waals surface area contributed by atoms with E-state index in [1.807, 2.05) is 24.4 Å². The Balaban J connectivity index is 2.39. The number of aliphatic hydroxyl groups excluding tert-OH is 1. The average Bonchev–Trinajstić information content (AvgIpc) is 2.45. The summed E-state index contributed by atoms with van der Waals surface area (Å²) in [6.07, 6.45) is 8.33. The van der Waals surface area contributed by atoms with Gasteiger partial charge in [0, 0.05) is 25.9 Å². The van der Waals surface area contributed by atoms with E-state index < -0.39 is 0 Å². The normalized spacial score (nSPS) is 10.8. The molecule has 0 spiro atoms. The smallest absolute Gasteiger partial charge is 0.144 e. The molecule has 0 aliphatic rings. The molecule has 0 aliphatic heterocycles. The largest absolute Gasteiger partial charge is 0.396 e. The van der Waals surface area contributed by atoms with E-state index in [0.29, 0.717) is 0 Å². The predicted octanol–water partition coefficient (Wildman–Crippen LogP) is 2.75. The van der Waals surface area contributed by atoms with Crippen LogP contribution in [0.5, 0.6) is 0 Å². The van der Waals surface area contributed by atoms with Crippen LogP contribution in [0, 0.1) is 0 Å². The van der Waals surface area contributed by atoms with Crippen molar-refractivity contribution in [2.24, 2.45) is 0 Å². The van der Waals surface area contributed by atoms with Gasteiger partial charge in [-0.2, -0.15) is 0 Å². The first-order chi connectivity index (χ1) is 9.36. The number of hydrogen-bond acceptors (Lipinski definition) is 3. The first kappa shape index (κ1) is 15.4. The summed E-state index contributed by atoms with van der Waals surface area (Å²) in [4.78, 5) is 12.6. The molecule has 1 aromatic rings. The minimum atomic E-state index is 0.277. The number of aliphatic hydroxyl groups is 1. The SMILES string of the molecule is O=C/C=C/N(CCCCCCO)Cc1ccccc1. The van der Waals surface area contributed by atoms with Crippen LogP contribution >= 0.6 is 0 Å². The molecule has 0 aromatic heterocycles. The zero-order valence-electron chi connectivity index (χ0n) is 11.4. The monoisotopic (exact) mass is 261 g/mol. The summed E-state index contributed by atoms with van der Waals surface area (Å²) < 4.78 is 0. The lowest BCUT2D eigenvalue weighted by Gasteiger charge is -2.20. The molecule has 1 N–H and O–H groups in total. The van der Waals surface area contributed by atoms with Crippen molar-refractivity contribution < 1.29 is 9.90 Å². The van der Waals surface area contributed by atoms with Crippen LogP contribution in [0.4, 0.5) is 0 Å². The first-order valence-electron chi connectivity index (χ1n) is 6.87. The fraction of sp³-hybridized carbons (Fsp3) is 0.438. The molecule has 0 saturated heterocycles. The Kier molecular flexibility index (Phi) is 8.39. The maximum Gasteiger partial charge on any atom is 0.144 e. The fourth-order valence-electron chi connectivity index (χ4n) is 1.96. The first-order valence-corrected chi connectivity index (χ1v) is 6.87. The number of nitrogens with zero attached hydrogens (tertiary/aromatic N) is 1. The second-order valence-electron chi connectivity index (χ2n) is 4.57. The summed E-state index contributed by atoms with van der Waals surface area (Å²) in [6.45, 7) is 2.04. The lowest BCUT2D eigenvalue weighted by Crippen LogP contribution is -2.18. The zero-order valence-corrected chi connectivity index (χ0v) is 11.4. The van der Waals surface area contributed by atoms with E-state index in [4.69, 9.17) is 5.11 Å². The summed E-state index contributed by atoms with van der Waals surface area (Å²) in [7, 11) is 0. The Bertz CT molecular complexity index is 362. The Morgan fingerprint density at radius 2 is 1.79 bits per heavy atom. The standard InChI is InChI=1S/C16H23NO2/c18-13-7-2-1-6-11-17(12-8-14-19)15-16-9-4-3-5-10-16/h3-5,8-10,12,14,18H,1-2,6-7,11,13,15H2/b12-8+. The van der Waals surface area contributed by atoms with Crippen molar-refractivity contribution in [1.29, 1.82) is 0 Å². The van der Waals surface area contributed by atoms with E-state index in [-0.39, 0.29) is 6.61 Å². The van der Waals surface area contributed by atoms with Gasteiger partial charge in [0.25, 0.3) is 0 Å². The zero-order chi connectivity index (χ0) is 13.8. The third-order valence-corrected chi connectivity index (χ3v) is 2.96. The number of unbranched alkanes of at least 4 members (excludes halogenated alkanes) is 3. The van der Waals surface area contributed by atoms with E-state index in [2.05, 4.69) is 17.0 Å². The van der Waals surface area contributed by atoms with Crippen molar-refractivity contribution in [2.45, 2.75) is 32.2 Å². The van der Waals surface area contributed by atoms with Gasteiger partial charge in [-0.1, -0.05) is 43.2 Å². The molecule has 0 radical (unpaired) electrons. The highest BCUT2D eigenvalue weighted by Gasteiger charge is 2.00. The summed E-state index contributed by atoms with van der Waals surface area (Å²) in [5.74, 6) is 0. The van der Waals surface area contributed by atoms with Crippen molar-refractivity contribution in [3.8, 4) is 0 Å². The molecule has 0 aliphatic carbocycles. The minimum Gasteiger partial charge on any atom is -0.396 e. The quantitative estimate of drug-likeness (QED) is 0.400. The van der Waals surface area contributed by atoms with Crippen LogP contribution in [0.2, 0.25) is 0 Å². The van der Waals surface area contributed by atoms with Gasteiger partial charge in [-0.05, 0) is 24.5 Å². The predicted molar refractivity (Wildman–Crippen MR) is 77.6 cm³/mol. The van der Waals surface area contributed by atoms with E-state index in [0.717, 1.165) is 45.1 Å². The molecule has 0 fully saturated rings. The van der Waals surface area contributed by atoms with Gasteiger partial charge < -0.3 is 10.0 Å². The van der Waals surface area contributed by atoms with E-state index in [1.54, 1.807) is 0 Å². The number of allylic oxidation sites excluding steroid dienone is 1. The maximum absolute atomic E-state index is 10.4. The Morgan fingerprint density at radius 3 is 2.47 bits per heavy atom. The van der Waals surface area contributed by atoms with Crippen LogP contribution in [0.1, 0.15) is 31.2 Å². The lowest BCUT2D eigenvalue weighted by atomic mass is 10.1. The van der Waals surface area contributed by atoms with Crippen LogP contribution in [-0.4, -0.2) is 29.4 Å². The molecule has 0 unspecified atom stereocenters. The van der Waals surface area contributed by atoms with Crippen LogP contribution in [-0.2, 0) is 11.3 Å². The summed E-state index contributed by atoms with van der Waals surface area (Å²) in [5.41, 5.74) is 1.24. The molecule has 1 aromatic carbocycles. The second-order valence-corrected chi connectivity index (χ2v) is 4.57. The number of benzene rings is 1. The highest BCUT2D eigenvalue weighted by atomic mass is 16.2. The van der Waals surface area contributed by atoms with E-state index in [1.165, 1.54) is 11.6 Å². The fourth-order valence-corrected chi connectivity index (χ4v) is 1.96. The van der Waals surface area contributed by atoms with Gasteiger partial charge in [0.05, 0.1) is 0 Å². The number of hydrogen-bond donors (Lipinski definition) is 1. The Labute approximate surface area is 115 Å². The third kappa shape index (κ3) is 7.42. The van der Waals surface area contributed by atoms with Crippen molar-refractivity contribution in [3.63, 3.8) is 0 Å². The second kappa shape index (κ2) is 10.3. The molecular formula is C16H23NO2. The molecule has 3 nitrogen and oxygen atoms in total. The summed E-state index contributed by atoms with van der Waals surface area (Å²) in [6, 6.07) is 10.2. The van der Waals surface area contributed by atoms with Crippen LogP contribution < -0.4 is 0 Å². The summed E-state index contributed by atoms with van der Waals surface area (Å²) >= 11 is 0. The van der Waals surface area contributed by atoms with Crippen molar-refractivity contribution >= 4 is 6.29 Å². The van der Waals surface area contributed by atoms with Crippen LogP contribution in [0.3, 0.4) is 0 Å². The number of rotatable bonds is 10. The highest BCUT2D eigenvalue weighted by molar-refractivity contribution is 5.64. The number of carbonyl (C=O) groups is 1. The Morgan fingerprint density at radius 1 is 1.05 bits per heavy atom. The van der Waals surface area contributed by atoms with Crippen molar-refractivity contribution in [2.75, 3.05) is 13.2 Å². The van der Waals surface area contributed by atoms with Gasteiger partial charge in [0.2, 0.25) is 0 Å². The van der Waals surface area contributed by atoms with E-state index >= 15 is 0 Å². The molecule has 0 heterocycles. The van der Waals surface area contributed by atoms with Gasteiger partial charge in [-0.25, -0.2) is 0 Å². The van der Waals surface area contributed by atoms with E-state index in [9.17, 15) is 4.79 Å². The van der Waals surface area contributed by atoms with Gasteiger partial charge >= 0.3 is 0 Å². The van der Waals surface area contributed by atoms with Crippen molar-refractivity contribution in [3.05, 3.63) is 48.2 Å². The number of carbonyl (C=O) groups excluding carboxylic acids is 1. The molecule has 3 heteroatoms. The maximum atomic E-state index is 10.4. The Hall–Kier alpha value is -1.61. The highest BCUT2D eigenvalue weighted by Crippen LogP contribution is 2.08. The molecule has 0 amide bonds. The molecule has 1 rings (SSSR count). The third-order valence-electron chi connectivity index (χ3n) is 2.96. The van der Waals surface area contributed by atoms with Gasteiger partial charge in [0.1, 0.15) is 6.29 Å². The lowest BCUT2D eigenvalue weighted by molar-refractivity contribution is -0.104. The van der Waals surface area contributed by atoms with Crippen LogP contribution in [0.15, 0.2) is 42.6 Å². The van der Waals surface area contributed by atoms with Crippen LogP contribution in [0.25, 0.3) is 0 Å². The van der Waals surface area contributed by atoms with Gasteiger partial charge in [0.15, 0.2) is 0 Å².